The second-order valence-electron chi connectivity index (χ2n) is 4.44. The van der Waals surface area contributed by atoms with Crippen molar-refractivity contribution < 1.29 is 5.11 Å². The van der Waals surface area contributed by atoms with Gasteiger partial charge in [0, 0.05) is 19.5 Å². The molecule has 0 spiro atoms. The van der Waals surface area contributed by atoms with E-state index in [-0.39, 0.29) is 22.6 Å². The SMILES string of the molecule is Cn1ncc(NCC2CCCC2O)c(Cl)c1=O. The van der Waals surface area contributed by atoms with E-state index in [0.29, 0.717) is 12.2 Å². The molecule has 1 heterocycles. The van der Waals surface area contributed by atoms with E-state index in [1.807, 2.05) is 0 Å². The molecule has 0 aliphatic heterocycles. The predicted octanol–water partition coefficient (Wildman–Crippen LogP) is 1.01. The van der Waals surface area contributed by atoms with Gasteiger partial charge in [-0.05, 0) is 12.8 Å². The van der Waals surface area contributed by atoms with Crippen molar-refractivity contribution >= 4 is 17.3 Å². The molecule has 2 atom stereocenters. The fourth-order valence-corrected chi connectivity index (χ4v) is 2.37. The van der Waals surface area contributed by atoms with Gasteiger partial charge >= 0.3 is 0 Å². The van der Waals surface area contributed by atoms with Crippen molar-refractivity contribution in [1.82, 2.24) is 9.78 Å². The zero-order valence-corrected chi connectivity index (χ0v) is 10.4. The molecular weight excluding hydrogens is 242 g/mol. The Morgan fingerprint density at radius 1 is 1.65 bits per heavy atom. The quantitative estimate of drug-likeness (QED) is 0.848. The highest BCUT2D eigenvalue weighted by Crippen LogP contribution is 2.26. The molecule has 0 saturated heterocycles. The summed E-state index contributed by atoms with van der Waals surface area (Å²) in [5.41, 5.74) is 0.220. The number of aromatic nitrogens is 2. The van der Waals surface area contributed by atoms with Crippen LogP contribution in [0.15, 0.2) is 11.0 Å². The van der Waals surface area contributed by atoms with Gasteiger partial charge in [-0.3, -0.25) is 4.79 Å². The Kier molecular flexibility index (Phi) is 3.69. The van der Waals surface area contributed by atoms with Crippen LogP contribution in [-0.2, 0) is 7.05 Å². The van der Waals surface area contributed by atoms with Crippen molar-refractivity contribution in [2.24, 2.45) is 13.0 Å². The van der Waals surface area contributed by atoms with Gasteiger partial charge in [0.05, 0.1) is 18.0 Å². The maximum Gasteiger partial charge on any atom is 0.287 e. The molecular formula is C11H16ClN3O2. The third-order valence-corrected chi connectivity index (χ3v) is 3.62. The first kappa shape index (κ1) is 12.4. The molecule has 2 rings (SSSR count). The molecule has 0 radical (unpaired) electrons. The lowest BCUT2D eigenvalue weighted by atomic mass is 10.1. The molecule has 6 heteroatoms. The summed E-state index contributed by atoms with van der Waals surface area (Å²) in [6.07, 6.45) is 4.20. The van der Waals surface area contributed by atoms with Crippen molar-refractivity contribution in [3.05, 3.63) is 21.6 Å². The van der Waals surface area contributed by atoms with Crippen LogP contribution in [0.3, 0.4) is 0 Å². The first-order valence-electron chi connectivity index (χ1n) is 5.73. The first-order valence-corrected chi connectivity index (χ1v) is 6.11. The van der Waals surface area contributed by atoms with Crippen LogP contribution in [0.5, 0.6) is 0 Å². The van der Waals surface area contributed by atoms with Crippen LogP contribution >= 0.6 is 11.6 Å². The molecule has 94 valence electrons. The predicted molar refractivity (Wildman–Crippen MR) is 66.3 cm³/mol. The van der Waals surface area contributed by atoms with Gasteiger partial charge in [0.2, 0.25) is 0 Å². The van der Waals surface area contributed by atoms with Crippen molar-refractivity contribution in [1.29, 1.82) is 0 Å². The number of rotatable bonds is 3. The van der Waals surface area contributed by atoms with Gasteiger partial charge in [-0.1, -0.05) is 18.0 Å². The lowest BCUT2D eigenvalue weighted by Gasteiger charge is -2.16. The van der Waals surface area contributed by atoms with Crippen molar-refractivity contribution in [2.45, 2.75) is 25.4 Å². The normalized spacial score (nSPS) is 23.9. The number of anilines is 1. The second-order valence-corrected chi connectivity index (χ2v) is 4.82. The van der Waals surface area contributed by atoms with Crippen LogP contribution in [0.2, 0.25) is 5.02 Å². The van der Waals surface area contributed by atoms with Crippen LogP contribution in [0, 0.1) is 5.92 Å². The van der Waals surface area contributed by atoms with Crippen LogP contribution < -0.4 is 10.9 Å². The molecule has 0 aromatic carbocycles. The molecule has 1 aromatic heterocycles. The zero-order chi connectivity index (χ0) is 12.4. The molecule has 1 aliphatic carbocycles. The highest BCUT2D eigenvalue weighted by Gasteiger charge is 2.25. The minimum atomic E-state index is -0.316. The highest BCUT2D eigenvalue weighted by molar-refractivity contribution is 6.32. The van der Waals surface area contributed by atoms with Crippen LogP contribution in [0.4, 0.5) is 5.69 Å². The summed E-state index contributed by atoms with van der Waals surface area (Å²) in [7, 11) is 1.55. The third kappa shape index (κ3) is 2.61. The Morgan fingerprint density at radius 3 is 3.06 bits per heavy atom. The fourth-order valence-electron chi connectivity index (χ4n) is 2.13. The summed E-state index contributed by atoms with van der Waals surface area (Å²) in [5, 5.41) is 16.8. The van der Waals surface area contributed by atoms with Gasteiger partial charge in [-0.2, -0.15) is 5.10 Å². The number of hydrogen-bond acceptors (Lipinski definition) is 4. The standard InChI is InChI=1S/C11H16ClN3O2/c1-15-11(17)10(12)8(6-14-15)13-5-7-3-2-4-9(7)16/h6-7,9,13,16H,2-5H2,1H3. The average molecular weight is 258 g/mol. The Hall–Kier alpha value is -1.07. The summed E-state index contributed by atoms with van der Waals surface area (Å²) in [6, 6.07) is 0. The van der Waals surface area contributed by atoms with E-state index in [9.17, 15) is 9.90 Å². The number of nitrogens with one attached hydrogen (secondary N) is 1. The number of nitrogens with zero attached hydrogens (tertiary/aromatic N) is 2. The topological polar surface area (TPSA) is 67.2 Å². The molecule has 5 nitrogen and oxygen atoms in total. The molecule has 1 saturated carbocycles. The fraction of sp³-hybridized carbons (Fsp3) is 0.636. The van der Waals surface area contributed by atoms with E-state index in [1.54, 1.807) is 7.05 Å². The Labute approximate surface area is 104 Å². The van der Waals surface area contributed by atoms with E-state index < -0.39 is 0 Å². The van der Waals surface area contributed by atoms with Crippen LogP contribution in [0.1, 0.15) is 19.3 Å². The van der Waals surface area contributed by atoms with E-state index in [1.165, 1.54) is 10.9 Å². The minimum Gasteiger partial charge on any atom is -0.393 e. The summed E-state index contributed by atoms with van der Waals surface area (Å²) in [4.78, 5) is 11.5. The number of halogens is 1. The van der Waals surface area contributed by atoms with Crippen molar-refractivity contribution in [3.8, 4) is 0 Å². The average Bonchev–Trinajstić information content (AvgIpc) is 2.71. The van der Waals surface area contributed by atoms with Gasteiger partial charge in [0.15, 0.2) is 0 Å². The number of aliphatic hydroxyl groups excluding tert-OH is 1. The third-order valence-electron chi connectivity index (χ3n) is 3.25. The molecule has 0 amide bonds. The lowest BCUT2D eigenvalue weighted by molar-refractivity contribution is 0.138. The molecule has 1 fully saturated rings. The van der Waals surface area contributed by atoms with Crippen LogP contribution in [-0.4, -0.2) is 27.5 Å². The van der Waals surface area contributed by atoms with Gasteiger partial charge < -0.3 is 10.4 Å². The molecule has 2 unspecified atom stereocenters. The monoisotopic (exact) mass is 257 g/mol. The van der Waals surface area contributed by atoms with Gasteiger partial charge in [-0.25, -0.2) is 4.68 Å². The van der Waals surface area contributed by atoms with Gasteiger partial charge in [-0.15, -0.1) is 0 Å². The lowest BCUT2D eigenvalue weighted by Crippen LogP contribution is -2.25. The van der Waals surface area contributed by atoms with Crippen molar-refractivity contribution in [3.63, 3.8) is 0 Å². The summed E-state index contributed by atoms with van der Waals surface area (Å²) >= 11 is 5.92. The smallest absolute Gasteiger partial charge is 0.287 e. The van der Waals surface area contributed by atoms with Crippen molar-refractivity contribution in [2.75, 3.05) is 11.9 Å². The van der Waals surface area contributed by atoms with E-state index in [0.717, 1.165) is 19.3 Å². The number of aryl methyl sites for hydroxylation is 1. The molecule has 2 N–H and O–H groups in total. The van der Waals surface area contributed by atoms with Gasteiger partial charge in [0.1, 0.15) is 5.02 Å². The summed E-state index contributed by atoms with van der Waals surface area (Å²) in [6.45, 7) is 0.621. The molecule has 1 aromatic rings. The Balaban J connectivity index is 2.04. The summed E-state index contributed by atoms with van der Waals surface area (Å²) < 4.78 is 1.19. The maximum absolute atomic E-state index is 11.5. The van der Waals surface area contributed by atoms with E-state index in [2.05, 4.69) is 10.4 Å². The van der Waals surface area contributed by atoms with Gasteiger partial charge in [0.25, 0.3) is 5.56 Å². The first-order chi connectivity index (χ1) is 8.09. The molecule has 0 bridgehead atoms. The number of hydrogen-bond donors (Lipinski definition) is 2. The summed E-state index contributed by atoms with van der Waals surface area (Å²) in [5.74, 6) is 0.232. The minimum absolute atomic E-state index is 0.148. The van der Waals surface area contributed by atoms with E-state index >= 15 is 0 Å². The maximum atomic E-state index is 11.5. The van der Waals surface area contributed by atoms with E-state index in [4.69, 9.17) is 11.6 Å². The van der Waals surface area contributed by atoms with Crippen LogP contribution in [0.25, 0.3) is 0 Å². The zero-order valence-electron chi connectivity index (χ0n) is 9.69. The Bertz CT molecular complexity index is 461. The Morgan fingerprint density at radius 2 is 2.41 bits per heavy atom. The number of aliphatic hydroxyl groups is 1. The largest absolute Gasteiger partial charge is 0.393 e. The highest BCUT2D eigenvalue weighted by atomic mass is 35.5. The molecule has 17 heavy (non-hydrogen) atoms. The second kappa shape index (κ2) is 5.06. The molecule has 1 aliphatic rings.